The molecule has 86 valence electrons. The Balaban J connectivity index is 0. The van der Waals surface area contributed by atoms with E-state index in [1.165, 1.54) is 0 Å². The molecular weight excluding hydrogens is 248 g/mol. The van der Waals surface area contributed by atoms with E-state index in [0.717, 1.165) is 0 Å². The zero-order chi connectivity index (χ0) is 10.7. The summed E-state index contributed by atoms with van der Waals surface area (Å²) in [7, 11) is -4.02. The lowest BCUT2D eigenvalue weighted by Crippen LogP contribution is -2.25. The van der Waals surface area contributed by atoms with Crippen molar-refractivity contribution in [3.63, 3.8) is 0 Å². The molecule has 0 rings (SSSR count). The van der Waals surface area contributed by atoms with Gasteiger partial charge in [0.05, 0.1) is 0 Å². The summed E-state index contributed by atoms with van der Waals surface area (Å²) in [6, 6.07) is 0. The lowest BCUT2D eigenvalue weighted by Gasteiger charge is -2.18. The second-order valence-corrected chi connectivity index (χ2v) is 6.63. The van der Waals surface area contributed by atoms with Gasteiger partial charge in [0.15, 0.2) is 0 Å². The summed E-state index contributed by atoms with van der Waals surface area (Å²) in [5, 5.41) is 0. The Hall–Kier alpha value is 0.0800. The van der Waals surface area contributed by atoms with Gasteiger partial charge in [-0.1, -0.05) is 0 Å². The molecule has 0 bridgehead atoms. The van der Waals surface area contributed by atoms with Crippen LogP contribution in [0, 0.1) is 0 Å². The van der Waals surface area contributed by atoms with Crippen molar-refractivity contribution in [1.82, 2.24) is 0 Å². The predicted molar refractivity (Wildman–Crippen MR) is 60.2 cm³/mol. The number of carbonyl (C=O) groups is 1. The van der Waals surface area contributed by atoms with E-state index >= 15 is 0 Å². The maximum Gasteiger partial charge on any atom is 0.320 e. The molecule has 0 atom stereocenters. The van der Waals surface area contributed by atoms with Crippen molar-refractivity contribution in [3.8, 4) is 0 Å². The third kappa shape index (κ3) is 12.1. The van der Waals surface area contributed by atoms with Crippen LogP contribution in [-0.2, 0) is 18.7 Å². The van der Waals surface area contributed by atoms with Crippen LogP contribution < -0.4 is 0 Å². The van der Waals surface area contributed by atoms with Crippen LogP contribution in [0.5, 0.6) is 0 Å². The van der Waals surface area contributed by atoms with Gasteiger partial charge in [-0.25, -0.2) is 0 Å². The Labute approximate surface area is 94.2 Å². The molecule has 0 radical (unpaired) electrons. The summed E-state index contributed by atoms with van der Waals surface area (Å²) in [4.78, 5) is 10.9. The SMILES string of the molecule is CC(C)(C)OC(=O)CSS(=O)(=O)O.S. The molecule has 0 fully saturated rings. The highest BCUT2D eigenvalue weighted by Crippen LogP contribution is 2.13. The summed E-state index contributed by atoms with van der Waals surface area (Å²) in [5.74, 6) is -1.08. The monoisotopic (exact) mass is 262 g/mol. The second-order valence-electron chi connectivity index (χ2n) is 3.28. The van der Waals surface area contributed by atoms with E-state index in [1.54, 1.807) is 20.8 Å². The maximum absolute atomic E-state index is 10.9. The predicted octanol–water partition coefficient (Wildman–Crippen LogP) is 0.977. The van der Waals surface area contributed by atoms with E-state index in [1.807, 2.05) is 0 Å². The van der Waals surface area contributed by atoms with Gasteiger partial charge in [0.25, 0.3) is 0 Å². The number of carbonyl (C=O) groups excluding carboxylic acids is 1. The van der Waals surface area contributed by atoms with Gasteiger partial charge in [0.1, 0.15) is 11.4 Å². The molecule has 0 aliphatic heterocycles. The molecule has 0 unspecified atom stereocenters. The molecule has 0 aliphatic rings. The normalized spacial score (nSPS) is 11.7. The van der Waals surface area contributed by atoms with E-state index in [4.69, 9.17) is 9.29 Å². The zero-order valence-electron chi connectivity index (χ0n) is 8.10. The smallest absolute Gasteiger partial charge is 0.320 e. The topological polar surface area (TPSA) is 80.7 Å². The van der Waals surface area contributed by atoms with Gasteiger partial charge in [-0.15, -0.1) is 0 Å². The Morgan fingerprint density at radius 2 is 1.86 bits per heavy atom. The van der Waals surface area contributed by atoms with Crippen LogP contribution >= 0.6 is 24.3 Å². The Morgan fingerprint density at radius 3 is 2.14 bits per heavy atom. The Kier molecular flexibility index (Phi) is 6.88. The lowest BCUT2D eigenvalue weighted by molar-refractivity contribution is -0.151. The first-order chi connectivity index (χ1) is 5.60. The number of hydrogen-bond donors (Lipinski definition) is 1. The minimum absolute atomic E-state index is 0. The molecule has 0 amide bonds. The highest BCUT2D eigenvalue weighted by Gasteiger charge is 2.18. The second kappa shape index (κ2) is 5.84. The molecule has 5 nitrogen and oxygen atoms in total. The number of ether oxygens (including phenoxy) is 1. The minimum Gasteiger partial charge on any atom is -0.459 e. The largest absolute Gasteiger partial charge is 0.459 e. The molecule has 0 aliphatic carbocycles. The highest BCUT2D eigenvalue weighted by molar-refractivity contribution is 8.70. The standard InChI is InChI=1S/C6H12O5S2.H2S/c1-6(2,3)11-5(7)4-12-13(8,9)10;/h4H2,1-3H3,(H,8,9,10);1H2. The third-order valence-corrected chi connectivity index (χ3v) is 2.64. The summed E-state index contributed by atoms with van der Waals surface area (Å²) in [6.07, 6.45) is 0. The van der Waals surface area contributed by atoms with E-state index in [0.29, 0.717) is 0 Å². The van der Waals surface area contributed by atoms with Crippen LogP contribution in [0.3, 0.4) is 0 Å². The van der Waals surface area contributed by atoms with Gasteiger partial charge >= 0.3 is 15.1 Å². The van der Waals surface area contributed by atoms with Crippen molar-refractivity contribution < 1.29 is 22.5 Å². The van der Waals surface area contributed by atoms with Gasteiger partial charge in [-0.05, 0) is 20.8 Å². The number of hydrogen-bond acceptors (Lipinski definition) is 5. The minimum atomic E-state index is -4.16. The highest BCUT2D eigenvalue weighted by atomic mass is 33.1. The van der Waals surface area contributed by atoms with E-state index < -0.39 is 26.5 Å². The Bertz CT molecular complexity index is 276. The summed E-state index contributed by atoms with van der Waals surface area (Å²) in [6.45, 7) is 5.01. The third-order valence-electron chi connectivity index (χ3n) is 0.746. The fourth-order valence-corrected chi connectivity index (χ4v) is 1.53. The maximum atomic E-state index is 10.9. The number of esters is 1. The van der Waals surface area contributed by atoms with Crippen LogP contribution in [-0.4, -0.2) is 30.3 Å². The first-order valence-electron chi connectivity index (χ1n) is 3.44. The van der Waals surface area contributed by atoms with Crippen molar-refractivity contribution in [2.24, 2.45) is 0 Å². The summed E-state index contributed by atoms with van der Waals surface area (Å²) >= 11 is 0. The molecular formula is C6H14O5S3. The van der Waals surface area contributed by atoms with E-state index in [2.05, 4.69) is 0 Å². The lowest BCUT2D eigenvalue weighted by atomic mass is 10.2. The molecule has 0 heterocycles. The fraction of sp³-hybridized carbons (Fsp3) is 0.833. The molecule has 1 N–H and O–H groups in total. The van der Waals surface area contributed by atoms with Crippen LogP contribution in [0.15, 0.2) is 0 Å². The average molecular weight is 262 g/mol. The van der Waals surface area contributed by atoms with Crippen molar-refractivity contribution in [3.05, 3.63) is 0 Å². The summed E-state index contributed by atoms with van der Waals surface area (Å²) in [5.41, 5.74) is -0.642. The van der Waals surface area contributed by atoms with Gasteiger partial charge in [0, 0.05) is 10.8 Å². The first kappa shape index (κ1) is 16.5. The quantitative estimate of drug-likeness (QED) is 0.464. The van der Waals surface area contributed by atoms with Crippen LogP contribution in [0.25, 0.3) is 0 Å². The molecule has 14 heavy (non-hydrogen) atoms. The Morgan fingerprint density at radius 1 is 1.43 bits per heavy atom. The molecule has 0 aromatic carbocycles. The van der Waals surface area contributed by atoms with Crippen molar-refractivity contribution in [2.75, 3.05) is 5.75 Å². The molecule has 0 aromatic heterocycles. The van der Waals surface area contributed by atoms with Gasteiger partial charge in [-0.2, -0.15) is 21.9 Å². The van der Waals surface area contributed by atoms with Crippen molar-refractivity contribution in [1.29, 1.82) is 0 Å². The fourth-order valence-electron chi connectivity index (χ4n) is 0.494. The van der Waals surface area contributed by atoms with Crippen LogP contribution in [0.1, 0.15) is 20.8 Å². The van der Waals surface area contributed by atoms with Crippen LogP contribution in [0.4, 0.5) is 0 Å². The van der Waals surface area contributed by atoms with Gasteiger partial charge < -0.3 is 4.74 Å². The van der Waals surface area contributed by atoms with Gasteiger partial charge in [0.2, 0.25) is 0 Å². The summed E-state index contributed by atoms with van der Waals surface area (Å²) < 4.78 is 33.5. The van der Waals surface area contributed by atoms with Crippen molar-refractivity contribution >= 4 is 39.4 Å². The van der Waals surface area contributed by atoms with Crippen molar-refractivity contribution in [2.45, 2.75) is 26.4 Å². The van der Waals surface area contributed by atoms with E-state index in [9.17, 15) is 13.2 Å². The van der Waals surface area contributed by atoms with Gasteiger partial charge in [-0.3, -0.25) is 9.35 Å². The molecule has 0 spiro atoms. The molecule has 0 saturated heterocycles. The molecule has 8 heteroatoms. The first-order valence-corrected chi connectivity index (χ1v) is 6.38. The van der Waals surface area contributed by atoms with Crippen LogP contribution in [0.2, 0.25) is 0 Å². The molecule has 0 saturated carbocycles. The zero-order valence-corrected chi connectivity index (χ0v) is 10.7. The number of rotatable bonds is 3. The van der Waals surface area contributed by atoms with E-state index in [-0.39, 0.29) is 24.3 Å². The average Bonchev–Trinajstić information content (AvgIpc) is 1.78. The molecule has 0 aromatic rings.